The summed E-state index contributed by atoms with van der Waals surface area (Å²) in [5.74, 6) is -0.442. The largest absolute Gasteiger partial charge is 0.478 e. The molecule has 6 nitrogen and oxygen atoms in total. The summed E-state index contributed by atoms with van der Waals surface area (Å²) < 4.78 is 11.9. The molecule has 5 rings (SSSR count). The van der Waals surface area contributed by atoms with Gasteiger partial charge in [-0.25, -0.2) is 4.79 Å². The van der Waals surface area contributed by atoms with Crippen molar-refractivity contribution in [1.29, 1.82) is 0 Å². The zero-order valence-electron chi connectivity index (χ0n) is 19.0. The van der Waals surface area contributed by atoms with E-state index in [4.69, 9.17) is 9.15 Å². The minimum absolute atomic E-state index is 0.00203. The Morgan fingerprint density at radius 1 is 1.06 bits per heavy atom. The number of hydrogen-bond acceptors (Lipinski definition) is 5. The highest BCUT2D eigenvalue weighted by Gasteiger charge is 2.30. The van der Waals surface area contributed by atoms with E-state index in [1.165, 1.54) is 0 Å². The molecule has 0 unspecified atom stereocenters. The summed E-state index contributed by atoms with van der Waals surface area (Å²) in [5.41, 5.74) is 4.36. The SMILES string of the molecule is Cc1cc([C@@H](C)Nc2ccccc2C(=O)O)c2oc(-c3ccccc3)c(C3COC3)c(=O)c2c1. The highest BCUT2D eigenvalue weighted by molar-refractivity contribution is 5.94. The van der Waals surface area contributed by atoms with Crippen LogP contribution in [0, 0.1) is 6.92 Å². The normalized spacial score (nSPS) is 14.5. The van der Waals surface area contributed by atoms with E-state index in [9.17, 15) is 14.7 Å². The van der Waals surface area contributed by atoms with Gasteiger partial charge in [-0.1, -0.05) is 48.5 Å². The van der Waals surface area contributed by atoms with E-state index >= 15 is 0 Å². The summed E-state index contributed by atoms with van der Waals surface area (Å²) in [7, 11) is 0. The van der Waals surface area contributed by atoms with E-state index in [0.717, 1.165) is 16.7 Å². The van der Waals surface area contributed by atoms with Gasteiger partial charge in [0.2, 0.25) is 0 Å². The molecule has 0 spiro atoms. The van der Waals surface area contributed by atoms with Crippen molar-refractivity contribution in [3.8, 4) is 11.3 Å². The molecule has 2 heterocycles. The minimum atomic E-state index is -1.00. The van der Waals surface area contributed by atoms with Crippen LogP contribution in [0.25, 0.3) is 22.3 Å². The summed E-state index contributed by atoms with van der Waals surface area (Å²) in [4.78, 5) is 25.4. The molecule has 0 bridgehead atoms. The third-order valence-electron chi connectivity index (χ3n) is 6.28. The topological polar surface area (TPSA) is 88.8 Å². The molecule has 0 saturated carbocycles. The first-order valence-corrected chi connectivity index (χ1v) is 11.3. The van der Waals surface area contributed by atoms with Crippen molar-refractivity contribution in [3.05, 3.63) is 99.2 Å². The number of carboxylic acids is 1. The number of benzene rings is 3. The molecule has 0 radical (unpaired) electrons. The molecule has 1 saturated heterocycles. The maximum atomic E-state index is 13.8. The lowest BCUT2D eigenvalue weighted by Crippen LogP contribution is -2.30. The average molecular weight is 456 g/mol. The Balaban J connectivity index is 1.70. The van der Waals surface area contributed by atoms with Crippen molar-refractivity contribution < 1.29 is 19.1 Å². The van der Waals surface area contributed by atoms with Crippen molar-refractivity contribution in [1.82, 2.24) is 0 Å². The number of rotatable bonds is 6. The number of anilines is 1. The monoisotopic (exact) mass is 455 g/mol. The van der Waals surface area contributed by atoms with Crippen molar-refractivity contribution >= 4 is 22.6 Å². The Labute approximate surface area is 196 Å². The lowest BCUT2D eigenvalue weighted by molar-refractivity contribution is 0.00777. The van der Waals surface area contributed by atoms with Crippen LogP contribution in [0.4, 0.5) is 5.69 Å². The summed E-state index contributed by atoms with van der Waals surface area (Å²) >= 11 is 0. The van der Waals surface area contributed by atoms with Crippen LogP contribution in [0.3, 0.4) is 0 Å². The number of aryl methyl sites for hydroxylation is 1. The van der Waals surface area contributed by atoms with Gasteiger partial charge in [0.25, 0.3) is 0 Å². The highest BCUT2D eigenvalue weighted by atomic mass is 16.5. The molecule has 4 aromatic rings. The molecule has 172 valence electrons. The van der Waals surface area contributed by atoms with E-state index in [2.05, 4.69) is 5.32 Å². The van der Waals surface area contributed by atoms with Crippen LogP contribution in [0.15, 0.2) is 75.9 Å². The molecule has 1 aliphatic heterocycles. The second-order valence-corrected chi connectivity index (χ2v) is 8.72. The van der Waals surface area contributed by atoms with Crippen molar-refractivity contribution in [2.24, 2.45) is 0 Å². The zero-order valence-corrected chi connectivity index (χ0v) is 19.0. The number of aromatic carboxylic acids is 1. The van der Waals surface area contributed by atoms with Crippen LogP contribution in [-0.4, -0.2) is 24.3 Å². The average Bonchev–Trinajstić information content (AvgIpc) is 2.80. The third-order valence-corrected chi connectivity index (χ3v) is 6.28. The van der Waals surface area contributed by atoms with Crippen LogP contribution in [0.5, 0.6) is 0 Å². The lowest BCUT2D eigenvalue weighted by Gasteiger charge is -2.28. The number of nitrogens with one attached hydrogen (secondary N) is 1. The maximum absolute atomic E-state index is 13.8. The van der Waals surface area contributed by atoms with Crippen LogP contribution in [-0.2, 0) is 4.74 Å². The van der Waals surface area contributed by atoms with Gasteiger partial charge in [0.05, 0.1) is 35.8 Å². The fourth-order valence-corrected chi connectivity index (χ4v) is 4.49. The molecular formula is C28H25NO5. The number of carboxylic acid groups (broad SMARTS) is 1. The summed E-state index contributed by atoms with van der Waals surface area (Å²) in [5, 5.41) is 13.4. The molecule has 6 heteroatoms. The van der Waals surface area contributed by atoms with E-state index in [1.54, 1.807) is 24.3 Å². The molecule has 2 N–H and O–H groups in total. The molecule has 1 aliphatic rings. The Hall–Kier alpha value is -3.90. The lowest BCUT2D eigenvalue weighted by atomic mass is 9.91. The first-order valence-electron chi connectivity index (χ1n) is 11.3. The van der Waals surface area contributed by atoms with E-state index in [1.807, 2.05) is 56.3 Å². The summed E-state index contributed by atoms with van der Waals surface area (Å²) in [6.07, 6.45) is 0. The summed E-state index contributed by atoms with van der Waals surface area (Å²) in [6.45, 7) is 4.87. The van der Waals surface area contributed by atoms with Gasteiger partial charge < -0.3 is 19.6 Å². The minimum Gasteiger partial charge on any atom is -0.478 e. The Morgan fingerprint density at radius 2 is 1.76 bits per heavy atom. The highest BCUT2D eigenvalue weighted by Crippen LogP contribution is 2.36. The fourth-order valence-electron chi connectivity index (χ4n) is 4.49. The van der Waals surface area contributed by atoms with E-state index < -0.39 is 5.97 Å². The maximum Gasteiger partial charge on any atom is 0.337 e. The van der Waals surface area contributed by atoms with Gasteiger partial charge in [-0.05, 0) is 37.6 Å². The predicted octanol–water partition coefficient (Wildman–Crippen LogP) is 5.75. The third kappa shape index (κ3) is 3.86. The molecule has 34 heavy (non-hydrogen) atoms. The molecule has 1 aromatic heterocycles. The molecule has 0 amide bonds. The number of ether oxygens (including phenoxy) is 1. The number of para-hydroxylation sites is 1. The number of hydrogen-bond donors (Lipinski definition) is 2. The standard InChI is InChI=1S/C28H25NO5/c1-16-12-21(17(2)29-23-11-7-6-10-20(23)28(31)32)27-22(13-16)25(30)24(19-14-33-15-19)26(34-27)18-8-4-3-5-9-18/h3-13,17,19,29H,14-15H2,1-2H3,(H,31,32)/t17-/m1/s1. The molecule has 3 aromatic carbocycles. The van der Waals surface area contributed by atoms with Crippen LogP contribution in [0.2, 0.25) is 0 Å². The molecular weight excluding hydrogens is 430 g/mol. The van der Waals surface area contributed by atoms with Gasteiger partial charge in [0.1, 0.15) is 11.3 Å². The second-order valence-electron chi connectivity index (χ2n) is 8.72. The van der Waals surface area contributed by atoms with Gasteiger partial charge >= 0.3 is 5.97 Å². The van der Waals surface area contributed by atoms with E-state index in [0.29, 0.717) is 41.2 Å². The van der Waals surface area contributed by atoms with E-state index in [-0.39, 0.29) is 23.0 Å². The second kappa shape index (κ2) is 8.80. The first kappa shape index (κ1) is 21.9. The molecule has 1 atom stereocenters. The zero-order chi connectivity index (χ0) is 23.8. The Kier molecular flexibility index (Phi) is 5.67. The first-order chi connectivity index (χ1) is 16.4. The van der Waals surface area contributed by atoms with Gasteiger partial charge in [0.15, 0.2) is 5.43 Å². The van der Waals surface area contributed by atoms with Crippen LogP contribution >= 0.6 is 0 Å². The van der Waals surface area contributed by atoms with Gasteiger partial charge in [-0.15, -0.1) is 0 Å². The quantitative estimate of drug-likeness (QED) is 0.385. The summed E-state index contributed by atoms with van der Waals surface area (Å²) in [6, 6.07) is 19.9. The van der Waals surface area contributed by atoms with Gasteiger partial charge in [-0.2, -0.15) is 0 Å². The smallest absolute Gasteiger partial charge is 0.337 e. The van der Waals surface area contributed by atoms with Crippen LogP contribution in [0.1, 0.15) is 45.9 Å². The van der Waals surface area contributed by atoms with Gasteiger partial charge in [-0.3, -0.25) is 4.79 Å². The fraction of sp³-hybridized carbons (Fsp3) is 0.214. The van der Waals surface area contributed by atoms with Crippen molar-refractivity contribution in [2.45, 2.75) is 25.8 Å². The van der Waals surface area contributed by atoms with Crippen LogP contribution < -0.4 is 10.7 Å². The molecule has 1 fully saturated rings. The van der Waals surface area contributed by atoms with Crippen molar-refractivity contribution in [2.75, 3.05) is 18.5 Å². The van der Waals surface area contributed by atoms with Crippen molar-refractivity contribution in [3.63, 3.8) is 0 Å². The van der Waals surface area contributed by atoms with Gasteiger partial charge in [0, 0.05) is 22.7 Å². The molecule has 0 aliphatic carbocycles. The predicted molar refractivity (Wildman–Crippen MR) is 132 cm³/mol. The Bertz CT molecular complexity index is 1440. The Morgan fingerprint density at radius 3 is 2.44 bits per heavy atom. The number of carbonyl (C=O) groups is 1. The number of fused-ring (bicyclic) bond motifs is 1.